The van der Waals surface area contributed by atoms with Crippen LogP contribution in [-0.4, -0.2) is 19.5 Å². The van der Waals surface area contributed by atoms with E-state index < -0.39 is 0 Å². The number of hydrogen-bond acceptors (Lipinski definition) is 3. The van der Waals surface area contributed by atoms with Crippen LogP contribution in [0.25, 0.3) is 11.5 Å². The maximum atomic E-state index is 5.97. The summed E-state index contributed by atoms with van der Waals surface area (Å²) in [5.74, 6) is 0.778. The Hall–Kier alpha value is -1.42. The van der Waals surface area contributed by atoms with E-state index in [1.165, 1.54) is 6.33 Å². The van der Waals surface area contributed by atoms with E-state index in [1.807, 2.05) is 17.7 Å². The van der Waals surface area contributed by atoms with Crippen molar-refractivity contribution in [3.8, 4) is 11.5 Å². The smallest absolute Gasteiger partial charge is 0.160 e. The van der Waals surface area contributed by atoms with Crippen molar-refractivity contribution >= 4 is 11.6 Å². The molecule has 0 fully saturated rings. The van der Waals surface area contributed by atoms with E-state index in [1.54, 1.807) is 12.4 Å². The zero-order chi connectivity index (χ0) is 9.97. The minimum absolute atomic E-state index is 0.522. The molecule has 0 bridgehead atoms. The SMILES string of the molecule is CCn1ccnc1-c1ncncc1Cl. The molecular weight excluding hydrogens is 200 g/mol. The fourth-order valence-corrected chi connectivity index (χ4v) is 1.45. The summed E-state index contributed by atoms with van der Waals surface area (Å²) in [5.41, 5.74) is 0.675. The largest absolute Gasteiger partial charge is 0.330 e. The monoisotopic (exact) mass is 208 g/mol. The molecule has 5 heteroatoms. The number of halogens is 1. The van der Waals surface area contributed by atoms with Crippen LogP contribution in [0.5, 0.6) is 0 Å². The summed E-state index contributed by atoms with van der Waals surface area (Å²) in [6.45, 7) is 2.88. The Labute approximate surface area is 86.6 Å². The molecule has 2 heterocycles. The molecular formula is C9H9ClN4. The molecule has 2 rings (SSSR count). The van der Waals surface area contributed by atoms with Gasteiger partial charge in [-0.25, -0.2) is 15.0 Å². The lowest BCUT2D eigenvalue weighted by atomic mass is 10.4. The lowest BCUT2D eigenvalue weighted by Crippen LogP contribution is -1.98. The highest BCUT2D eigenvalue weighted by Gasteiger charge is 2.09. The maximum absolute atomic E-state index is 5.97. The Bertz CT molecular complexity index is 438. The van der Waals surface area contributed by atoms with Gasteiger partial charge in [-0.15, -0.1) is 0 Å². The van der Waals surface area contributed by atoms with Crippen LogP contribution in [0.2, 0.25) is 5.02 Å². The van der Waals surface area contributed by atoms with Crippen LogP contribution in [0.1, 0.15) is 6.92 Å². The van der Waals surface area contributed by atoms with E-state index in [4.69, 9.17) is 11.6 Å². The highest BCUT2D eigenvalue weighted by atomic mass is 35.5. The number of aryl methyl sites for hydroxylation is 1. The number of aromatic nitrogens is 4. The van der Waals surface area contributed by atoms with Crippen molar-refractivity contribution in [3.63, 3.8) is 0 Å². The maximum Gasteiger partial charge on any atom is 0.160 e. The fourth-order valence-electron chi connectivity index (χ4n) is 1.26. The van der Waals surface area contributed by atoms with Gasteiger partial charge in [0, 0.05) is 25.1 Å². The van der Waals surface area contributed by atoms with E-state index in [0.29, 0.717) is 10.7 Å². The molecule has 0 aliphatic carbocycles. The third-order valence-electron chi connectivity index (χ3n) is 1.94. The second-order valence-electron chi connectivity index (χ2n) is 2.76. The van der Waals surface area contributed by atoms with Gasteiger partial charge >= 0.3 is 0 Å². The summed E-state index contributed by atoms with van der Waals surface area (Å²) < 4.78 is 1.98. The van der Waals surface area contributed by atoms with Crippen LogP contribution < -0.4 is 0 Å². The molecule has 0 saturated heterocycles. The van der Waals surface area contributed by atoms with Crippen molar-refractivity contribution in [1.82, 2.24) is 19.5 Å². The Morgan fingerprint density at radius 3 is 3.00 bits per heavy atom. The molecule has 0 atom stereocenters. The van der Waals surface area contributed by atoms with Crippen molar-refractivity contribution in [2.75, 3.05) is 0 Å². The van der Waals surface area contributed by atoms with E-state index in [2.05, 4.69) is 15.0 Å². The third kappa shape index (κ3) is 1.48. The van der Waals surface area contributed by atoms with Gasteiger partial charge in [0.05, 0.1) is 5.02 Å². The summed E-state index contributed by atoms with van der Waals surface area (Å²) in [6.07, 6.45) is 6.67. The van der Waals surface area contributed by atoms with Gasteiger partial charge in [0.15, 0.2) is 5.82 Å². The van der Waals surface area contributed by atoms with Gasteiger partial charge in [0.25, 0.3) is 0 Å². The lowest BCUT2D eigenvalue weighted by Gasteiger charge is -2.04. The predicted molar refractivity (Wildman–Crippen MR) is 53.9 cm³/mol. The van der Waals surface area contributed by atoms with Gasteiger partial charge in [0.1, 0.15) is 12.0 Å². The predicted octanol–water partition coefficient (Wildman–Crippen LogP) is 2.01. The lowest BCUT2D eigenvalue weighted by molar-refractivity contribution is 0.767. The van der Waals surface area contributed by atoms with Crippen LogP contribution in [0.15, 0.2) is 24.9 Å². The first kappa shape index (κ1) is 9.15. The first-order valence-electron chi connectivity index (χ1n) is 4.30. The number of imidazole rings is 1. The minimum atomic E-state index is 0.522. The molecule has 0 aliphatic rings. The number of hydrogen-bond donors (Lipinski definition) is 0. The van der Waals surface area contributed by atoms with Crippen LogP contribution in [0, 0.1) is 0 Å². The average molecular weight is 209 g/mol. The van der Waals surface area contributed by atoms with Gasteiger partial charge in [-0.2, -0.15) is 0 Å². The molecule has 2 aromatic heterocycles. The highest BCUT2D eigenvalue weighted by Crippen LogP contribution is 2.22. The van der Waals surface area contributed by atoms with Crippen molar-refractivity contribution < 1.29 is 0 Å². The molecule has 0 amide bonds. The zero-order valence-corrected chi connectivity index (χ0v) is 8.44. The van der Waals surface area contributed by atoms with Crippen molar-refractivity contribution in [3.05, 3.63) is 29.9 Å². The first-order chi connectivity index (χ1) is 6.83. The molecule has 0 spiro atoms. The highest BCUT2D eigenvalue weighted by molar-refractivity contribution is 6.32. The molecule has 0 radical (unpaired) electrons. The molecule has 0 N–H and O–H groups in total. The zero-order valence-electron chi connectivity index (χ0n) is 7.68. The Kier molecular flexibility index (Phi) is 2.45. The summed E-state index contributed by atoms with van der Waals surface area (Å²) in [5, 5.41) is 0.522. The van der Waals surface area contributed by atoms with Gasteiger partial charge in [0.2, 0.25) is 0 Å². The summed E-state index contributed by atoms with van der Waals surface area (Å²) >= 11 is 5.97. The van der Waals surface area contributed by atoms with Crippen molar-refractivity contribution in [1.29, 1.82) is 0 Å². The molecule has 0 saturated carbocycles. The van der Waals surface area contributed by atoms with E-state index >= 15 is 0 Å². The van der Waals surface area contributed by atoms with Crippen LogP contribution in [0.3, 0.4) is 0 Å². The quantitative estimate of drug-likeness (QED) is 0.759. The fraction of sp³-hybridized carbons (Fsp3) is 0.222. The van der Waals surface area contributed by atoms with Gasteiger partial charge in [-0.3, -0.25) is 0 Å². The third-order valence-corrected chi connectivity index (χ3v) is 2.21. The first-order valence-corrected chi connectivity index (χ1v) is 4.67. The molecule has 2 aromatic rings. The average Bonchev–Trinajstić information content (AvgIpc) is 2.66. The van der Waals surface area contributed by atoms with E-state index in [9.17, 15) is 0 Å². The summed E-state index contributed by atoms with van der Waals surface area (Å²) in [6, 6.07) is 0. The Morgan fingerprint density at radius 2 is 2.29 bits per heavy atom. The molecule has 14 heavy (non-hydrogen) atoms. The molecule has 0 unspecified atom stereocenters. The van der Waals surface area contributed by atoms with Crippen molar-refractivity contribution in [2.45, 2.75) is 13.5 Å². The topological polar surface area (TPSA) is 43.6 Å². The second-order valence-corrected chi connectivity index (χ2v) is 3.16. The minimum Gasteiger partial charge on any atom is -0.330 e. The van der Waals surface area contributed by atoms with Gasteiger partial charge < -0.3 is 4.57 Å². The normalized spacial score (nSPS) is 10.4. The number of nitrogens with zero attached hydrogens (tertiary/aromatic N) is 4. The summed E-state index contributed by atoms with van der Waals surface area (Å²) in [4.78, 5) is 12.1. The van der Waals surface area contributed by atoms with E-state index in [0.717, 1.165) is 12.4 Å². The van der Waals surface area contributed by atoms with Crippen molar-refractivity contribution in [2.24, 2.45) is 0 Å². The van der Waals surface area contributed by atoms with Gasteiger partial charge in [-0.05, 0) is 6.92 Å². The second kappa shape index (κ2) is 3.75. The molecule has 72 valence electrons. The molecule has 4 nitrogen and oxygen atoms in total. The number of rotatable bonds is 2. The summed E-state index contributed by atoms with van der Waals surface area (Å²) in [7, 11) is 0. The van der Waals surface area contributed by atoms with Crippen LogP contribution in [-0.2, 0) is 6.54 Å². The van der Waals surface area contributed by atoms with Crippen LogP contribution >= 0.6 is 11.6 Å². The standard InChI is InChI=1S/C9H9ClN4/c1-2-14-4-3-12-9(14)8-7(10)5-11-6-13-8/h3-6H,2H2,1H3. The molecule has 0 aromatic carbocycles. The van der Waals surface area contributed by atoms with Crippen LogP contribution in [0.4, 0.5) is 0 Å². The molecule has 0 aliphatic heterocycles. The Morgan fingerprint density at radius 1 is 1.43 bits per heavy atom. The Balaban J connectivity index is 2.54. The van der Waals surface area contributed by atoms with Gasteiger partial charge in [-0.1, -0.05) is 11.6 Å². The van der Waals surface area contributed by atoms with E-state index in [-0.39, 0.29) is 0 Å².